The number of rotatable bonds is 1. The number of aromatic nitrogens is 1. The summed E-state index contributed by atoms with van der Waals surface area (Å²) in [5.74, 6) is 0. The molecule has 0 saturated carbocycles. The van der Waals surface area contributed by atoms with E-state index in [4.69, 9.17) is 4.55 Å². The summed E-state index contributed by atoms with van der Waals surface area (Å²) in [5, 5.41) is -0.539. The minimum atomic E-state index is -4.19. The molecule has 0 aliphatic heterocycles. The molecule has 0 amide bonds. The van der Waals surface area contributed by atoms with Crippen molar-refractivity contribution in [3.63, 3.8) is 0 Å². The van der Waals surface area contributed by atoms with Crippen molar-refractivity contribution in [2.45, 2.75) is 5.09 Å². The fraction of sp³-hybridized carbons (Fsp3) is 0. The molecule has 0 fully saturated rings. The van der Waals surface area contributed by atoms with E-state index in [1.54, 1.807) is 0 Å². The standard InChI is InChI=1S/C3H3NO4S/c5-9(6,7)3-1-4-2-8-3/h1-2H,(H,5,6,7). The van der Waals surface area contributed by atoms with Crippen molar-refractivity contribution in [2.75, 3.05) is 0 Å². The van der Waals surface area contributed by atoms with Gasteiger partial charge in [-0.05, 0) is 0 Å². The molecule has 0 saturated heterocycles. The van der Waals surface area contributed by atoms with Gasteiger partial charge in [0, 0.05) is 0 Å². The number of hydrogen-bond acceptors (Lipinski definition) is 4. The van der Waals surface area contributed by atoms with E-state index in [-0.39, 0.29) is 0 Å². The molecule has 1 aromatic rings. The Balaban J connectivity index is 3.20. The van der Waals surface area contributed by atoms with Crippen molar-refractivity contribution in [3.05, 3.63) is 12.6 Å². The van der Waals surface area contributed by atoms with E-state index in [0.717, 1.165) is 12.6 Å². The highest BCUT2D eigenvalue weighted by molar-refractivity contribution is 7.85. The lowest BCUT2D eigenvalue weighted by atomic mass is 11.0. The average Bonchev–Trinajstić information content (AvgIpc) is 2.08. The van der Waals surface area contributed by atoms with Crippen LogP contribution >= 0.6 is 0 Å². The summed E-state index contributed by atoms with van der Waals surface area (Å²) in [6.45, 7) is 0. The fourth-order valence-corrected chi connectivity index (χ4v) is 0.690. The van der Waals surface area contributed by atoms with Crippen molar-refractivity contribution >= 4 is 10.1 Å². The topological polar surface area (TPSA) is 80.4 Å². The lowest BCUT2D eigenvalue weighted by molar-refractivity contribution is 0.405. The maximum absolute atomic E-state index is 10.1. The lowest BCUT2D eigenvalue weighted by Crippen LogP contribution is -1.94. The summed E-state index contributed by atoms with van der Waals surface area (Å²) in [4.78, 5) is 3.28. The van der Waals surface area contributed by atoms with Gasteiger partial charge in [0.05, 0.1) is 6.20 Å². The smallest absolute Gasteiger partial charge is 0.329 e. The molecule has 0 unspecified atom stereocenters. The molecule has 5 nitrogen and oxygen atoms in total. The Labute approximate surface area is 51.1 Å². The molecule has 1 aromatic heterocycles. The number of nitrogens with zero attached hydrogens (tertiary/aromatic N) is 1. The minimum absolute atomic E-state index is 0.539. The van der Waals surface area contributed by atoms with Gasteiger partial charge in [-0.2, -0.15) is 8.42 Å². The van der Waals surface area contributed by atoms with Crippen molar-refractivity contribution in [1.29, 1.82) is 0 Å². The molecule has 6 heteroatoms. The van der Waals surface area contributed by atoms with E-state index >= 15 is 0 Å². The molecule has 1 rings (SSSR count). The minimum Gasteiger partial charge on any atom is -0.430 e. The van der Waals surface area contributed by atoms with Crippen LogP contribution in [-0.2, 0) is 10.1 Å². The Morgan fingerprint density at radius 2 is 2.33 bits per heavy atom. The van der Waals surface area contributed by atoms with Gasteiger partial charge in [-0.3, -0.25) is 4.55 Å². The van der Waals surface area contributed by atoms with E-state index < -0.39 is 15.2 Å². The third kappa shape index (κ3) is 1.27. The first-order valence-corrected chi connectivity index (χ1v) is 3.40. The largest absolute Gasteiger partial charge is 0.430 e. The molecule has 50 valence electrons. The molecule has 1 N–H and O–H groups in total. The number of hydrogen-bond donors (Lipinski definition) is 1. The molecule has 1 heterocycles. The molecule has 9 heavy (non-hydrogen) atoms. The van der Waals surface area contributed by atoms with E-state index in [1.165, 1.54) is 0 Å². The molecule has 0 atom stereocenters. The third-order valence-corrected chi connectivity index (χ3v) is 1.37. The molecular weight excluding hydrogens is 146 g/mol. The van der Waals surface area contributed by atoms with E-state index in [1.807, 2.05) is 0 Å². The van der Waals surface area contributed by atoms with Crippen molar-refractivity contribution < 1.29 is 17.4 Å². The Morgan fingerprint density at radius 3 is 2.56 bits per heavy atom. The van der Waals surface area contributed by atoms with Gasteiger partial charge < -0.3 is 4.42 Å². The van der Waals surface area contributed by atoms with Crippen LogP contribution in [0.2, 0.25) is 0 Å². The Kier molecular flexibility index (Phi) is 1.26. The van der Waals surface area contributed by atoms with Gasteiger partial charge in [-0.1, -0.05) is 0 Å². The maximum Gasteiger partial charge on any atom is 0.329 e. The first-order valence-electron chi connectivity index (χ1n) is 1.96. The zero-order valence-electron chi connectivity index (χ0n) is 4.18. The summed E-state index contributed by atoms with van der Waals surface area (Å²) in [7, 11) is -4.19. The monoisotopic (exact) mass is 149 g/mol. The second-order valence-electron chi connectivity index (χ2n) is 1.30. The fourth-order valence-electron chi connectivity index (χ4n) is 0.331. The van der Waals surface area contributed by atoms with Crippen molar-refractivity contribution in [3.8, 4) is 0 Å². The summed E-state index contributed by atoms with van der Waals surface area (Å²) >= 11 is 0. The average molecular weight is 149 g/mol. The zero-order valence-corrected chi connectivity index (χ0v) is 5.00. The van der Waals surface area contributed by atoms with Gasteiger partial charge >= 0.3 is 10.1 Å². The van der Waals surface area contributed by atoms with Crippen LogP contribution in [0.3, 0.4) is 0 Å². The van der Waals surface area contributed by atoms with Gasteiger partial charge in [0.15, 0.2) is 6.39 Å². The summed E-state index contributed by atoms with van der Waals surface area (Å²) in [6.07, 6.45) is 1.83. The first-order chi connectivity index (χ1) is 4.11. The molecule has 0 radical (unpaired) electrons. The van der Waals surface area contributed by atoms with E-state index in [0.29, 0.717) is 0 Å². The van der Waals surface area contributed by atoms with Crippen LogP contribution < -0.4 is 0 Å². The Hall–Kier alpha value is -0.880. The van der Waals surface area contributed by atoms with Gasteiger partial charge in [0.25, 0.3) is 5.09 Å². The summed E-state index contributed by atoms with van der Waals surface area (Å²) < 4.78 is 32.7. The van der Waals surface area contributed by atoms with Gasteiger partial charge in [-0.25, -0.2) is 4.98 Å². The maximum atomic E-state index is 10.1. The van der Waals surface area contributed by atoms with E-state index in [9.17, 15) is 8.42 Å². The second-order valence-corrected chi connectivity index (χ2v) is 2.65. The van der Waals surface area contributed by atoms with Crippen LogP contribution in [0.25, 0.3) is 0 Å². The van der Waals surface area contributed by atoms with Gasteiger partial charge in [0.2, 0.25) is 0 Å². The van der Waals surface area contributed by atoms with Crippen LogP contribution in [0.5, 0.6) is 0 Å². The predicted molar refractivity (Wildman–Crippen MR) is 26.3 cm³/mol. The highest BCUT2D eigenvalue weighted by Crippen LogP contribution is 2.03. The highest BCUT2D eigenvalue weighted by Gasteiger charge is 2.11. The van der Waals surface area contributed by atoms with Crippen LogP contribution in [0.15, 0.2) is 22.1 Å². The van der Waals surface area contributed by atoms with Gasteiger partial charge in [-0.15, -0.1) is 0 Å². The lowest BCUT2D eigenvalue weighted by Gasteiger charge is -1.83. The Bertz CT molecular complexity index is 273. The summed E-state index contributed by atoms with van der Waals surface area (Å²) in [6, 6.07) is 0. The predicted octanol–water partition coefficient (Wildman–Crippen LogP) is -0.0787. The first kappa shape index (κ1) is 6.24. The number of oxazole rings is 1. The Morgan fingerprint density at radius 1 is 1.67 bits per heavy atom. The zero-order chi connectivity index (χ0) is 6.91. The molecule has 0 spiro atoms. The van der Waals surface area contributed by atoms with E-state index in [2.05, 4.69) is 9.40 Å². The van der Waals surface area contributed by atoms with Crippen LogP contribution in [0.1, 0.15) is 0 Å². The molecule has 0 bridgehead atoms. The third-order valence-electron chi connectivity index (χ3n) is 0.664. The summed E-state index contributed by atoms with van der Waals surface area (Å²) in [5.41, 5.74) is 0. The van der Waals surface area contributed by atoms with Crippen LogP contribution in [0.4, 0.5) is 0 Å². The molecule has 0 aliphatic rings. The molecular formula is C3H3NO4S. The second kappa shape index (κ2) is 1.82. The molecule has 0 aliphatic carbocycles. The van der Waals surface area contributed by atoms with Crippen LogP contribution in [0, 0.1) is 0 Å². The van der Waals surface area contributed by atoms with Gasteiger partial charge in [0.1, 0.15) is 0 Å². The normalized spacial score (nSPS) is 11.7. The quantitative estimate of drug-likeness (QED) is 0.565. The molecule has 0 aromatic carbocycles. The SMILES string of the molecule is O=S(=O)(O)c1cnco1. The van der Waals surface area contributed by atoms with Crippen molar-refractivity contribution in [2.24, 2.45) is 0 Å². The highest BCUT2D eigenvalue weighted by atomic mass is 32.2. The van der Waals surface area contributed by atoms with Crippen molar-refractivity contribution in [1.82, 2.24) is 4.98 Å². The van der Waals surface area contributed by atoms with Crippen LogP contribution in [-0.4, -0.2) is 18.0 Å².